The molecule has 1 aliphatic heterocycles. The van der Waals surface area contributed by atoms with Crippen LogP contribution in [0.1, 0.15) is 30.1 Å². The summed E-state index contributed by atoms with van der Waals surface area (Å²) in [6.45, 7) is 4.67. The van der Waals surface area contributed by atoms with Gasteiger partial charge in [-0.05, 0) is 45.1 Å². The Morgan fingerprint density at radius 3 is 2.32 bits per heavy atom. The average molecular weight is 394 g/mol. The lowest BCUT2D eigenvalue weighted by Gasteiger charge is -2.36. The first-order valence-electron chi connectivity index (χ1n) is 8.00. The number of anilines is 1. The number of ketones is 1. The number of Topliss-reactive ketones (excluding diaryl/α,β-unsaturated/α-hetero) is 1. The summed E-state index contributed by atoms with van der Waals surface area (Å²) < 4.78 is 14.2. The molecule has 1 aliphatic rings. The maximum Gasteiger partial charge on any atom is 0.222 e. The largest absolute Gasteiger partial charge is 0.366 e. The summed E-state index contributed by atoms with van der Waals surface area (Å²) in [4.78, 5) is 27.1. The van der Waals surface area contributed by atoms with Gasteiger partial charge in [-0.15, -0.1) is 24.8 Å². The lowest BCUT2D eigenvalue weighted by Crippen LogP contribution is -2.49. The topological polar surface area (TPSA) is 52.7 Å². The Balaban J connectivity index is 0.00000288. The Hall–Kier alpha value is -1.37. The van der Waals surface area contributed by atoms with Gasteiger partial charge in [-0.3, -0.25) is 9.59 Å². The second kappa shape index (κ2) is 11.3. The van der Waals surface area contributed by atoms with Crippen LogP contribution in [0.5, 0.6) is 0 Å². The minimum atomic E-state index is -0.383. The van der Waals surface area contributed by atoms with Gasteiger partial charge in [-0.25, -0.2) is 4.39 Å². The molecule has 1 aromatic carbocycles. The first-order valence-corrected chi connectivity index (χ1v) is 8.00. The van der Waals surface area contributed by atoms with Gasteiger partial charge in [-0.1, -0.05) is 0 Å². The molecule has 5 nitrogen and oxygen atoms in total. The number of carbonyl (C=O) groups is 2. The van der Waals surface area contributed by atoms with Crippen molar-refractivity contribution < 1.29 is 14.0 Å². The Bertz CT molecular complexity index is 579. The second-order valence-electron chi connectivity index (χ2n) is 5.80. The molecular weight excluding hydrogens is 368 g/mol. The lowest BCUT2D eigenvalue weighted by molar-refractivity contribution is -0.131. The van der Waals surface area contributed by atoms with Gasteiger partial charge in [-0.2, -0.15) is 0 Å². The molecule has 0 atom stereocenters. The minimum Gasteiger partial charge on any atom is -0.366 e. The monoisotopic (exact) mass is 393 g/mol. The molecule has 0 radical (unpaired) electrons. The van der Waals surface area contributed by atoms with Gasteiger partial charge in [0.25, 0.3) is 0 Å². The summed E-state index contributed by atoms with van der Waals surface area (Å²) in [5.74, 6) is -0.369. The molecule has 1 saturated heterocycles. The molecule has 1 amide bonds. The number of nitrogens with one attached hydrogen (secondary N) is 1. The van der Waals surface area contributed by atoms with Crippen molar-refractivity contribution in [3.05, 3.63) is 29.6 Å². The van der Waals surface area contributed by atoms with Gasteiger partial charge in [0, 0.05) is 38.2 Å². The van der Waals surface area contributed by atoms with Crippen LogP contribution in [0.4, 0.5) is 10.1 Å². The Morgan fingerprint density at radius 1 is 1.16 bits per heavy atom. The van der Waals surface area contributed by atoms with E-state index in [0.717, 1.165) is 13.0 Å². The molecule has 0 unspecified atom stereocenters. The van der Waals surface area contributed by atoms with Crippen molar-refractivity contribution in [2.45, 2.75) is 19.8 Å². The van der Waals surface area contributed by atoms with Crippen molar-refractivity contribution in [1.82, 2.24) is 10.2 Å². The van der Waals surface area contributed by atoms with Crippen LogP contribution in [0.3, 0.4) is 0 Å². The summed E-state index contributed by atoms with van der Waals surface area (Å²) in [5.41, 5.74) is 0.877. The molecule has 2 rings (SSSR count). The third-order valence-electron chi connectivity index (χ3n) is 4.14. The summed E-state index contributed by atoms with van der Waals surface area (Å²) in [6, 6.07) is 4.58. The first-order chi connectivity index (χ1) is 11.0. The predicted molar refractivity (Wildman–Crippen MR) is 103 cm³/mol. The molecule has 1 heterocycles. The predicted octanol–water partition coefficient (Wildman–Crippen LogP) is 2.52. The quantitative estimate of drug-likeness (QED) is 0.595. The highest BCUT2D eigenvalue weighted by atomic mass is 35.5. The molecule has 0 saturated carbocycles. The van der Waals surface area contributed by atoms with Crippen LogP contribution in [0, 0.1) is 5.82 Å². The van der Waals surface area contributed by atoms with E-state index in [2.05, 4.69) is 5.32 Å². The van der Waals surface area contributed by atoms with E-state index in [4.69, 9.17) is 0 Å². The van der Waals surface area contributed by atoms with Gasteiger partial charge in [0.1, 0.15) is 5.82 Å². The van der Waals surface area contributed by atoms with Gasteiger partial charge in [0.05, 0.1) is 5.69 Å². The fraction of sp³-hybridized carbons (Fsp3) is 0.529. The summed E-state index contributed by atoms with van der Waals surface area (Å²) in [7, 11) is 1.87. The Morgan fingerprint density at radius 2 is 1.80 bits per heavy atom. The van der Waals surface area contributed by atoms with E-state index >= 15 is 0 Å². The number of nitrogens with zero attached hydrogens (tertiary/aromatic N) is 2. The molecule has 1 aromatic rings. The third kappa shape index (κ3) is 6.45. The normalized spacial score (nSPS) is 13.7. The summed E-state index contributed by atoms with van der Waals surface area (Å²) in [5, 5.41) is 3.03. The van der Waals surface area contributed by atoms with Crippen LogP contribution in [0.2, 0.25) is 0 Å². The molecule has 0 aliphatic carbocycles. The minimum absolute atomic E-state index is 0. The van der Waals surface area contributed by atoms with Gasteiger partial charge in [0.2, 0.25) is 5.91 Å². The Kier molecular flexibility index (Phi) is 10.7. The van der Waals surface area contributed by atoms with E-state index in [-0.39, 0.29) is 42.3 Å². The van der Waals surface area contributed by atoms with Crippen LogP contribution in [-0.4, -0.2) is 56.4 Å². The van der Waals surface area contributed by atoms with E-state index < -0.39 is 0 Å². The van der Waals surface area contributed by atoms with Gasteiger partial charge >= 0.3 is 0 Å². The molecule has 1 N–H and O–H groups in total. The van der Waals surface area contributed by atoms with Crippen LogP contribution in [0.25, 0.3) is 0 Å². The van der Waals surface area contributed by atoms with Gasteiger partial charge < -0.3 is 15.1 Å². The molecule has 25 heavy (non-hydrogen) atoms. The smallest absolute Gasteiger partial charge is 0.222 e. The number of hydrogen-bond donors (Lipinski definition) is 1. The number of piperazine rings is 1. The van der Waals surface area contributed by atoms with Crippen molar-refractivity contribution in [2.24, 2.45) is 0 Å². The number of carbonyl (C=O) groups excluding carboxylic acids is 2. The van der Waals surface area contributed by atoms with Crippen LogP contribution in [0.15, 0.2) is 18.2 Å². The fourth-order valence-corrected chi connectivity index (χ4v) is 2.75. The van der Waals surface area contributed by atoms with E-state index in [1.165, 1.54) is 13.0 Å². The number of benzene rings is 1. The van der Waals surface area contributed by atoms with Crippen molar-refractivity contribution in [1.29, 1.82) is 0 Å². The fourth-order valence-electron chi connectivity index (χ4n) is 2.75. The SMILES string of the molecule is CNCCCC(=O)N1CCN(c2ccc(C(C)=O)cc2F)CC1.Cl.Cl. The van der Waals surface area contributed by atoms with E-state index in [9.17, 15) is 14.0 Å². The summed E-state index contributed by atoms with van der Waals surface area (Å²) >= 11 is 0. The van der Waals surface area contributed by atoms with Crippen molar-refractivity contribution in [3.8, 4) is 0 Å². The zero-order chi connectivity index (χ0) is 16.8. The highest BCUT2D eigenvalue weighted by Gasteiger charge is 2.22. The Labute approximate surface area is 160 Å². The molecule has 1 fully saturated rings. The molecule has 142 valence electrons. The zero-order valence-corrected chi connectivity index (χ0v) is 16.2. The van der Waals surface area contributed by atoms with Crippen molar-refractivity contribution in [3.63, 3.8) is 0 Å². The third-order valence-corrected chi connectivity index (χ3v) is 4.14. The van der Waals surface area contributed by atoms with Crippen LogP contribution >= 0.6 is 24.8 Å². The van der Waals surface area contributed by atoms with E-state index in [1.54, 1.807) is 12.1 Å². The second-order valence-corrected chi connectivity index (χ2v) is 5.80. The van der Waals surface area contributed by atoms with E-state index in [1.807, 2.05) is 16.8 Å². The van der Waals surface area contributed by atoms with Crippen LogP contribution in [-0.2, 0) is 4.79 Å². The number of rotatable bonds is 6. The maximum absolute atomic E-state index is 14.2. The van der Waals surface area contributed by atoms with Crippen molar-refractivity contribution in [2.75, 3.05) is 44.7 Å². The van der Waals surface area contributed by atoms with Gasteiger partial charge in [0.15, 0.2) is 5.78 Å². The van der Waals surface area contributed by atoms with Crippen LogP contribution < -0.4 is 10.2 Å². The van der Waals surface area contributed by atoms with Crippen molar-refractivity contribution >= 4 is 42.2 Å². The number of amides is 1. The highest BCUT2D eigenvalue weighted by Crippen LogP contribution is 2.22. The highest BCUT2D eigenvalue weighted by molar-refractivity contribution is 5.94. The van der Waals surface area contributed by atoms with E-state index in [0.29, 0.717) is 43.9 Å². The number of halogens is 3. The lowest BCUT2D eigenvalue weighted by atomic mass is 10.1. The molecular formula is C17H26Cl2FN3O2. The number of hydrogen-bond acceptors (Lipinski definition) is 4. The average Bonchev–Trinajstić information content (AvgIpc) is 2.55. The molecule has 0 spiro atoms. The standard InChI is InChI=1S/C17H24FN3O2.2ClH/c1-13(22)14-5-6-16(15(18)12-14)20-8-10-21(11-9-20)17(23)4-3-7-19-2;;/h5-6,12,19H,3-4,7-11H2,1-2H3;2*1H. The molecule has 0 aromatic heterocycles. The molecule has 8 heteroatoms. The summed E-state index contributed by atoms with van der Waals surface area (Å²) in [6.07, 6.45) is 1.37. The first kappa shape index (κ1) is 23.6. The molecule has 0 bridgehead atoms. The zero-order valence-electron chi connectivity index (χ0n) is 14.6. The maximum atomic E-state index is 14.2.